The minimum Gasteiger partial charge on any atom is -0.444 e. The Morgan fingerprint density at radius 3 is 2.79 bits per heavy atom. The number of anilines is 1. The Hall–Kier alpha value is -1.26. The van der Waals surface area contributed by atoms with Crippen molar-refractivity contribution in [1.29, 1.82) is 0 Å². The first-order chi connectivity index (χ1) is 9.20. The average molecular weight is 283 g/mol. The topological polar surface area (TPSA) is 50.4 Å². The summed E-state index contributed by atoms with van der Waals surface area (Å²) in [6.45, 7) is 0. The van der Waals surface area contributed by atoms with Crippen molar-refractivity contribution in [2.75, 3.05) is 12.4 Å². The second-order valence-corrected chi connectivity index (χ2v) is 5.14. The van der Waals surface area contributed by atoms with Gasteiger partial charge in [-0.15, -0.1) is 0 Å². The van der Waals surface area contributed by atoms with E-state index in [0.717, 1.165) is 19.3 Å². The maximum absolute atomic E-state index is 11.9. The first kappa shape index (κ1) is 14.2. The second-order valence-electron chi connectivity index (χ2n) is 4.73. The molecule has 4 nitrogen and oxygen atoms in total. The predicted molar refractivity (Wildman–Crippen MR) is 76.7 cm³/mol. The molecule has 1 amide bonds. The number of rotatable bonds is 3. The van der Waals surface area contributed by atoms with Crippen LogP contribution in [-0.4, -0.2) is 25.3 Å². The highest BCUT2D eigenvalue weighted by molar-refractivity contribution is 6.33. The van der Waals surface area contributed by atoms with Gasteiger partial charge in [0, 0.05) is 6.04 Å². The number of para-hydroxylation sites is 1. The SMILES string of the molecule is CNC1CCCCC1OC(=O)Nc1ccccc1Cl. The summed E-state index contributed by atoms with van der Waals surface area (Å²) in [5, 5.41) is 6.39. The van der Waals surface area contributed by atoms with Gasteiger partial charge in [0.05, 0.1) is 10.7 Å². The molecule has 1 aliphatic rings. The first-order valence-electron chi connectivity index (χ1n) is 6.60. The highest BCUT2D eigenvalue weighted by Crippen LogP contribution is 2.23. The van der Waals surface area contributed by atoms with Crippen LogP contribution in [0.3, 0.4) is 0 Å². The Balaban J connectivity index is 1.92. The van der Waals surface area contributed by atoms with Crippen molar-refractivity contribution in [3.05, 3.63) is 29.3 Å². The van der Waals surface area contributed by atoms with Crippen LogP contribution < -0.4 is 10.6 Å². The number of halogens is 1. The average Bonchev–Trinajstić information content (AvgIpc) is 2.42. The molecule has 0 bridgehead atoms. The summed E-state index contributed by atoms with van der Waals surface area (Å²) >= 11 is 5.98. The number of amides is 1. The molecule has 2 atom stereocenters. The third-order valence-corrected chi connectivity index (χ3v) is 3.77. The number of carbonyl (C=O) groups excluding carboxylic acids is 1. The zero-order valence-corrected chi connectivity index (χ0v) is 11.7. The van der Waals surface area contributed by atoms with Gasteiger partial charge < -0.3 is 10.1 Å². The van der Waals surface area contributed by atoms with Crippen LogP contribution in [0, 0.1) is 0 Å². The maximum atomic E-state index is 11.9. The van der Waals surface area contributed by atoms with Crippen molar-refractivity contribution in [2.24, 2.45) is 0 Å². The summed E-state index contributed by atoms with van der Waals surface area (Å²) < 4.78 is 5.48. The van der Waals surface area contributed by atoms with E-state index in [9.17, 15) is 4.79 Å². The second kappa shape index (κ2) is 6.78. The van der Waals surface area contributed by atoms with Crippen LogP contribution in [0.15, 0.2) is 24.3 Å². The molecule has 0 radical (unpaired) electrons. The van der Waals surface area contributed by atoms with Gasteiger partial charge >= 0.3 is 6.09 Å². The Morgan fingerprint density at radius 1 is 1.32 bits per heavy atom. The van der Waals surface area contributed by atoms with Crippen LogP contribution >= 0.6 is 11.6 Å². The van der Waals surface area contributed by atoms with Crippen molar-refractivity contribution in [1.82, 2.24) is 5.32 Å². The Morgan fingerprint density at radius 2 is 2.05 bits per heavy atom. The number of likely N-dealkylation sites (N-methyl/N-ethyl adjacent to an activating group) is 1. The van der Waals surface area contributed by atoms with Crippen LogP contribution in [-0.2, 0) is 4.74 Å². The molecule has 0 aliphatic heterocycles. The summed E-state index contributed by atoms with van der Waals surface area (Å²) in [6, 6.07) is 7.36. The molecule has 1 saturated carbocycles. The number of carbonyl (C=O) groups is 1. The number of nitrogens with one attached hydrogen (secondary N) is 2. The van der Waals surface area contributed by atoms with Crippen LogP contribution in [0.2, 0.25) is 5.02 Å². The molecule has 5 heteroatoms. The van der Waals surface area contributed by atoms with Crippen LogP contribution in [0.25, 0.3) is 0 Å². The Bertz CT molecular complexity index is 439. The molecule has 2 N–H and O–H groups in total. The van der Waals surface area contributed by atoms with Gasteiger partial charge in [-0.1, -0.05) is 30.2 Å². The molecule has 1 aliphatic carbocycles. The molecule has 2 rings (SSSR count). The van der Waals surface area contributed by atoms with E-state index in [-0.39, 0.29) is 12.1 Å². The van der Waals surface area contributed by atoms with Gasteiger partial charge in [-0.3, -0.25) is 5.32 Å². The third-order valence-electron chi connectivity index (χ3n) is 3.44. The summed E-state index contributed by atoms with van der Waals surface area (Å²) in [7, 11) is 1.90. The molecule has 1 fully saturated rings. The van der Waals surface area contributed by atoms with Crippen LogP contribution in [0.5, 0.6) is 0 Å². The largest absolute Gasteiger partial charge is 0.444 e. The molecule has 0 spiro atoms. The van der Waals surface area contributed by atoms with Gasteiger partial charge in [-0.2, -0.15) is 0 Å². The van der Waals surface area contributed by atoms with Gasteiger partial charge in [0.15, 0.2) is 0 Å². The highest BCUT2D eigenvalue weighted by Gasteiger charge is 2.27. The third kappa shape index (κ3) is 3.85. The molecule has 0 aromatic heterocycles. The zero-order chi connectivity index (χ0) is 13.7. The number of benzene rings is 1. The molecular formula is C14H19ClN2O2. The van der Waals surface area contributed by atoms with Gasteiger partial charge in [0.2, 0.25) is 0 Å². The molecule has 0 saturated heterocycles. The summed E-state index contributed by atoms with van der Waals surface area (Å²) in [6.07, 6.45) is 3.71. The monoisotopic (exact) mass is 282 g/mol. The lowest BCUT2D eigenvalue weighted by molar-refractivity contribution is 0.0640. The lowest BCUT2D eigenvalue weighted by atomic mass is 9.92. The summed E-state index contributed by atoms with van der Waals surface area (Å²) in [5.74, 6) is 0. The van der Waals surface area contributed by atoms with E-state index < -0.39 is 6.09 Å². The lowest BCUT2D eigenvalue weighted by Crippen LogP contribution is -2.43. The first-order valence-corrected chi connectivity index (χ1v) is 6.98. The molecule has 2 unspecified atom stereocenters. The van der Waals surface area contributed by atoms with Crippen molar-refractivity contribution >= 4 is 23.4 Å². The van der Waals surface area contributed by atoms with Crippen LogP contribution in [0.1, 0.15) is 25.7 Å². The molecule has 19 heavy (non-hydrogen) atoms. The normalized spacial score (nSPS) is 22.8. The molecule has 104 valence electrons. The van der Waals surface area contributed by atoms with E-state index in [1.165, 1.54) is 6.42 Å². The van der Waals surface area contributed by atoms with Crippen molar-refractivity contribution in [3.8, 4) is 0 Å². The molecular weight excluding hydrogens is 264 g/mol. The lowest BCUT2D eigenvalue weighted by Gasteiger charge is -2.30. The summed E-state index contributed by atoms with van der Waals surface area (Å²) in [5.41, 5.74) is 0.575. The molecule has 1 aromatic rings. The van der Waals surface area contributed by atoms with Crippen molar-refractivity contribution < 1.29 is 9.53 Å². The smallest absolute Gasteiger partial charge is 0.411 e. The fraction of sp³-hybridized carbons (Fsp3) is 0.500. The van der Waals surface area contributed by atoms with Gasteiger partial charge in [-0.05, 0) is 38.4 Å². The van der Waals surface area contributed by atoms with E-state index in [1.807, 2.05) is 19.2 Å². The Kier molecular flexibility index (Phi) is 5.05. The summed E-state index contributed by atoms with van der Waals surface area (Å²) in [4.78, 5) is 11.9. The minimum atomic E-state index is -0.444. The quantitative estimate of drug-likeness (QED) is 0.893. The van der Waals surface area contributed by atoms with E-state index in [4.69, 9.17) is 16.3 Å². The number of ether oxygens (including phenoxy) is 1. The van der Waals surface area contributed by atoms with Gasteiger partial charge in [-0.25, -0.2) is 4.79 Å². The highest BCUT2D eigenvalue weighted by atomic mass is 35.5. The fourth-order valence-corrected chi connectivity index (χ4v) is 2.59. The van der Waals surface area contributed by atoms with E-state index in [0.29, 0.717) is 10.7 Å². The molecule has 1 aromatic carbocycles. The standard InChI is InChI=1S/C14H19ClN2O2/c1-16-12-8-4-5-9-13(12)19-14(18)17-11-7-3-2-6-10(11)15/h2-3,6-7,12-13,16H,4-5,8-9H2,1H3,(H,17,18). The van der Waals surface area contributed by atoms with Crippen molar-refractivity contribution in [2.45, 2.75) is 37.8 Å². The van der Waals surface area contributed by atoms with E-state index >= 15 is 0 Å². The zero-order valence-electron chi connectivity index (χ0n) is 11.0. The molecule has 0 heterocycles. The number of hydrogen-bond donors (Lipinski definition) is 2. The van der Waals surface area contributed by atoms with Crippen LogP contribution in [0.4, 0.5) is 10.5 Å². The van der Waals surface area contributed by atoms with E-state index in [1.54, 1.807) is 12.1 Å². The predicted octanol–water partition coefficient (Wildman–Crippen LogP) is 3.42. The number of hydrogen-bond acceptors (Lipinski definition) is 3. The maximum Gasteiger partial charge on any atom is 0.411 e. The van der Waals surface area contributed by atoms with Crippen molar-refractivity contribution in [3.63, 3.8) is 0 Å². The minimum absolute atomic E-state index is 0.0683. The van der Waals surface area contributed by atoms with E-state index in [2.05, 4.69) is 10.6 Å². The van der Waals surface area contributed by atoms with Gasteiger partial charge in [0.1, 0.15) is 6.10 Å². The fourth-order valence-electron chi connectivity index (χ4n) is 2.41. The van der Waals surface area contributed by atoms with Gasteiger partial charge in [0.25, 0.3) is 0 Å². The Labute approximate surface area is 118 Å².